The Morgan fingerprint density at radius 3 is 2.43 bits per heavy atom. The molecule has 0 aromatic carbocycles. The Labute approximate surface area is 77.3 Å². The van der Waals surface area contributed by atoms with Gasteiger partial charge >= 0.3 is 6.36 Å². The number of rotatable bonds is 2. The molecule has 3 nitrogen and oxygen atoms in total. The van der Waals surface area contributed by atoms with Crippen molar-refractivity contribution in [1.82, 2.24) is 9.78 Å². The van der Waals surface area contributed by atoms with Crippen LogP contribution in [-0.2, 0) is 0 Å². The van der Waals surface area contributed by atoms with Crippen LogP contribution in [-0.4, -0.2) is 16.1 Å². The monoisotopic (exact) mass is 212 g/mol. The lowest BCUT2D eigenvalue weighted by molar-refractivity contribution is -0.278. The van der Waals surface area contributed by atoms with Gasteiger partial charge in [-0.2, -0.15) is 9.49 Å². The fraction of sp³-hybridized carbons (Fsp3) is 0.571. The van der Waals surface area contributed by atoms with Crippen LogP contribution in [0.2, 0.25) is 0 Å². The van der Waals surface area contributed by atoms with E-state index in [1.165, 1.54) is 0 Å². The van der Waals surface area contributed by atoms with E-state index in [1.54, 1.807) is 13.8 Å². The molecular formula is C7H8F4N2O. The standard InChI is InChI=1S/C7H8F4N2O/c1-4(2)13-6(5(8)3-12-13)14-7(9,10)11/h3-4H,1-2H3. The van der Waals surface area contributed by atoms with Crippen LogP contribution < -0.4 is 4.74 Å². The highest BCUT2D eigenvalue weighted by Gasteiger charge is 2.34. The van der Waals surface area contributed by atoms with E-state index in [2.05, 4.69) is 9.84 Å². The minimum Gasteiger partial charge on any atom is -0.385 e. The lowest BCUT2D eigenvalue weighted by Crippen LogP contribution is -2.21. The van der Waals surface area contributed by atoms with Crippen LogP contribution in [0.1, 0.15) is 19.9 Å². The summed E-state index contributed by atoms with van der Waals surface area (Å²) in [4.78, 5) is 0. The van der Waals surface area contributed by atoms with E-state index in [0.717, 1.165) is 4.68 Å². The van der Waals surface area contributed by atoms with E-state index in [4.69, 9.17) is 0 Å². The van der Waals surface area contributed by atoms with Gasteiger partial charge < -0.3 is 4.74 Å². The third-order valence-electron chi connectivity index (χ3n) is 1.41. The van der Waals surface area contributed by atoms with Crippen molar-refractivity contribution in [3.8, 4) is 5.88 Å². The molecule has 7 heteroatoms. The van der Waals surface area contributed by atoms with E-state index < -0.39 is 24.1 Å². The summed E-state index contributed by atoms with van der Waals surface area (Å²) in [6.45, 7) is 3.13. The fourth-order valence-electron chi connectivity index (χ4n) is 0.903. The van der Waals surface area contributed by atoms with Crippen molar-refractivity contribution in [2.75, 3.05) is 0 Å². The molecule has 0 aliphatic heterocycles. The molecule has 1 heterocycles. The van der Waals surface area contributed by atoms with Crippen molar-refractivity contribution in [3.63, 3.8) is 0 Å². The molecule has 0 aliphatic rings. The van der Waals surface area contributed by atoms with Gasteiger partial charge in [0.25, 0.3) is 5.88 Å². The lowest BCUT2D eigenvalue weighted by Gasteiger charge is -2.12. The Balaban J connectivity index is 3.00. The summed E-state index contributed by atoms with van der Waals surface area (Å²) in [5, 5.41) is 3.42. The Kier molecular flexibility index (Phi) is 2.68. The number of halogens is 4. The van der Waals surface area contributed by atoms with Gasteiger partial charge in [0, 0.05) is 0 Å². The van der Waals surface area contributed by atoms with Crippen LogP contribution in [0.4, 0.5) is 17.6 Å². The highest BCUT2D eigenvalue weighted by molar-refractivity contribution is 5.12. The molecule has 80 valence electrons. The number of alkyl halides is 3. The van der Waals surface area contributed by atoms with Crippen LogP contribution in [0.25, 0.3) is 0 Å². The van der Waals surface area contributed by atoms with Crippen molar-refractivity contribution in [2.45, 2.75) is 26.3 Å². The van der Waals surface area contributed by atoms with Crippen molar-refractivity contribution < 1.29 is 22.3 Å². The zero-order valence-corrected chi connectivity index (χ0v) is 7.47. The molecule has 0 aliphatic carbocycles. The molecule has 0 bridgehead atoms. The number of ether oxygens (including phenoxy) is 1. The average Bonchev–Trinajstić information content (AvgIpc) is 2.29. The highest BCUT2D eigenvalue weighted by Crippen LogP contribution is 2.27. The molecule has 0 saturated carbocycles. The second-order valence-corrected chi connectivity index (χ2v) is 2.88. The normalized spacial score (nSPS) is 12.2. The molecule has 0 atom stereocenters. The second-order valence-electron chi connectivity index (χ2n) is 2.88. The molecule has 0 saturated heterocycles. The Morgan fingerprint density at radius 1 is 1.43 bits per heavy atom. The van der Waals surface area contributed by atoms with E-state index in [-0.39, 0.29) is 0 Å². The second kappa shape index (κ2) is 3.47. The van der Waals surface area contributed by atoms with Gasteiger partial charge in [-0.1, -0.05) is 0 Å². The SMILES string of the molecule is CC(C)n1ncc(F)c1OC(F)(F)F. The molecular weight excluding hydrogens is 204 g/mol. The summed E-state index contributed by atoms with van der Waals surface area (Å²) in [7, 11) is 0. The maximum Gasteiger partial charge on any atom is 0.574 e. The minimum absolute atomic E-state index is 0.406. The number of aromatic nitrogens is 2. The number of nitrogens with zero attached hydrogens (tertiary/aromatic N) is 2. The average molecular weight is 212 g/mol. The number of hydrogen-bond donors (Lipinski definition) is 0. The molecule has 0 spiro atoms. The lowest BCUT2D eigenvalue weighted by atomic mass is 10.4. The molecule has 0 radical (unpaired) electrons. The summed E-state index contributed by atoms with van der Waals surface area (Å²) >= 11 is 0. The summed E-state index contributed by atoms with van der Waals surface area (Å²) < 4.78 is 52.5. The van der Waals surface area contributed by atoms with Gasteiger partial charge in [-0.3, -0.25) is 0 Å². The Hall–Kier alpha value is -1.27. The first-order valence-electron chi connectivity index (χ1n) is 3.80. The van der Waals surface area contributed by atoms with Crippen molar-refractivity contribution in [3.05, 3.63) is 12.0 Å². The minimum atomic E-state index is -4.91. The maximum absolute atomic E-state index is 12.8. The number of hydrogen-bond acceptors (Lipinski definition) is 2. The first-order valence-corrected chi connectivity index (χ1v) is 3.80. The summed E-state index contributed by atoms with van der Waals surface area (Å²) in [6.07, 6.45) is -4.23. The molecule has 0 N–H and O–H groups in total. The van der Waals surface area contributed by atoms with E-state index in [0.29, 0.717) is 6.20 Å². The zero-order valence-electron chi connectivity index (χ0n) is 7.47. The molecule has 1 aromatic heterocycles. The van der Waals surface area contributed by atoms with Gasteiger partial charge in [-0.15, -0.1) is 13.2 Å². The summed E-state index contributed by atoms with van der Waals surface area (Å²) in [5.74, 6) is -2.04. The third-order valence-corrected chi connectivity index (χ3v) is 1.41. The topological polar surface area (TPSA) is 27.1 Å². The van der Waals surface area contributed by atoms with Crippen LogP contribution in [0.5, 0.6) is 5.88 Å². The highest BCUT2D eigenvalue weighted by atomic mass is 19.4. The fourth-order valence-corrected chi connectivity index (χ4v) is 0.903. The predicted molar refractivity (Wildman–Crippen MR) is 39.3 cm³/mol. The molecule has 0 unspecified atom stereocenters. The first kappa shape index (κ1) is 10.8. The van der Waals surface area contributed by atoms with Crippen LogP contribution in [0.15, 0.2) is 6.20 Å². The van der Waals surface area contributed by atoms with Crippen molar-refractivity contribution in [1.29, 1.82) is 0 Å². The quantitative estimate of drug-likeness (QED) is 0.704. The van der Waals surface area contributed by atoms with Crippen LogP contribution in [0.3, 0.4) is 0 Å². The van der Waals surface area contributed by atoms with Gasteiger partial charge in [0.2, 0.25) is 5.82 Å². The smallest absolute Gasteiger partial charge is 0.385 e. The maximum atomic E-state index is 12.8. The molecule has 0 amide bonds. The van der Waals surface area contributed by atoms with Gasteiger partial charge in [-0.05, 0) is 13.8 Å². The van der Waals surface area contributed by atoms with Crippen molar-refractivity contribution in [2.24, 2.45) is 0 Å². The van der Waals surface area contributed by atoms with E-state index >= 15 is 0 Å². The van der Waals surface area contributed by atoms with Crippen molar-refractivity contribution >= 4 is 0 Å². The largest absolute Gasteiger partial charge is 0.574 e. The van der Waals surface area contributed by atoms with E-state index in [1.807, 2.05) is 0 Å². The first-order chi connectivity index (χ1) is 6.31. The molecule has 1 aromatic rings. The Morgan fingerprint density at radius 2 is 2.00 bits per heavy atom. The molecule has 14 heavy (non-hydrogen) atoms. The molecule has 0 fully saturated rings. The Bertz CT molecular complexity index is 318. The van der Waals surface area contributed by atoms with Gasteiger partial charge in [0.1, 0.15) is 0 Å². The predicted octanol–water partition coefficient (Wildman–Crippen LogP) is 2.50. The van der Waals surface area contributed by atoms with Gasteiger partial charge in [0.05, 0.1) is 12.2 Å². The van der Waals surface area contributed by atoms with Gasteiger partial charge in [-0.25, -0.2) is 4.68 Å². The van der Waals surface area contributed by atoms with Crippen LogP contribution >= 0.6 is 0 Å². The summed E-state index contributed by atoms with van der Waals surface area (Å²) in [6, 6.07) is -0.406. The van der Waals surface area contributed by atoms with Crippen LogP contribution in [0, 0.1) is 5.82 Å². The molecule has 1 rings (SSSR count). The zero-order chi connectivity index (χ0) is 10.9. The third kappa shape index (κ3) is 2.36. The van der Waals surface area contributed by atoms with Gasteiger partial charge in [0.15, 0.2) is 0 Å². The van der Waals surface area contributed by atoms with E-state index in [9.17, 15) is 17.6 Å². The summed E-state index contributed by atoms with van der Waals surface area (Å²) in [5.41, 5.74) is 0.